The van der Waals surface area contributed by atoms with Gasteiger partial charge in [0, 0.05) is 12.7 Å². The van der Waals surface area contributed by atoms with Crippen LogP contribution >= 0.6 is 23.8 Å². The summed E-state index contributed by atoms with van der Waals surface area (Å²) in [4.78, 5) is 7.50. The van der Waals surface area contributed by atoms with Gasteiger partial charge in [-0.25, -0.2) is 4.98 Å². The molecule has 1 aliphatic rings. The molecule has 0 radical (unpaired) electrons. The first-order valence-corrected chi connectivity index (χ1v) is 6.27. The summed E-state index contributed by atoms with van der Waals surface area (Å²) in [6, 6.07) is 1.87. The van der Waals surface area contributed by atoms with Gasteiger partial charge in [-0.15, -0.1) is 0 Å². The van der Waals surface area contributed by atoms with E-state index in [1.807, 2.05) is 6.07 Å². The van der Waals surface area contributed by atoms with Crippen LogP contribution in [0.25, 0.3) is 11.2 Å². The van der Waals surface area contributed by atoms with E-state index in [1.165, 1.54) is 19.3 Å². The molecule has 0 aromatic carbocycles. The largest absolute Gasteiger partial charge is 0.329 e. The lowest BCUT2D eigenvalue weighted by Crippen LogP contribution is -2.18. The lowest BCUT2D eigenvalue weighted by Gasteiger charge is -2.25. The number of nitrogens with one attached hydrogen (secondary N) is 1. The molecule has 3 rings (SSSR count). The Balaban J connectivity index is 2.08. The number of hydrogen-bond acceptors (Lipinski definition) is 2. The van der Waals surface area contributed by atoms with Crippen molar-refractivity contribution in [3.63, 3.8) is 0 Å². The van der Waals surface area contributed by atoms with Crippen molar-refractivity contribution in [2.45, 2.75) is 25.8 Å². The maximum absolute atomic E-state index is 5.90. The van der Waals surface area contributed by atoms with Gasteiger partial charge < -0.3 is 9.55 Å². The average molecular weight is 254 g/mol. The van der Waals surface area contributed by atoms with E-state index in [2.05, 4.69) is 14.5 Å². The SMILES string of the molecule is S=c1[nH]c2cc(Cl)cnc2n1CC1CCC1. The van der Waals surface area contributed by atoms with Crippen LogP contribution in [0.2, 0.25) is 5.02 Å². The molecule has 1 aliphatic carbocycles. The van der Waals surface area contributed by atoms with E-state index in [0.29, 0.717) is 5.02 Å². The Hall–Kier alpha value is -0.870. The highest BCUT2D eigenvalue weighted by Crippen LogP contribution is 2.29. The van der Waals surface area contributed by atoms with E-state index in [4.69, 9.17) is 23.8 Å². The molecule has 0 amide bonds. The number of nitrogens with zero attached hydrogens (tertiary/aromatic N) is 2. The van der Waals surface area contributed by atoms with Crippen molar-refractivity contribution in [1.82, 2.24) is 14.5 Å². The van der Waals surface area contributed by atoms with Crippen molar-refractivity contribution < 1.29 is 0 Å². The third-order valence-corrected chi connectivity index (χ3v) is 3.77. The summed E-state index contributed by atoms with van der Waals surface area (Å²) in [7, 11) is 0. The second-order valence-electron chi connectivity index (χ2n) is 4.36. The number of H-pyrrole nitrogens is 1. The Morgan fingerprint density at radius 2 is 2.38 bits per heavy atom. The summed E-state index contributed by atoms with van der Waals surface area (Å²) < 4.78 is 2.84. The van der Waals surface area contributed by atoms with Gasteiger partial charge in [-0.3, -0.25) is 0 Å². The molecule has 0 unspecified atom stereocenters. The van der Waals surface area contributed by atoms with Crippen LogP contribution in [0.3, 0.4) is 0 Å². The fourth-order valence-corrected chi connectivity index (χ4v) is 2.55. The second-order valence-corrected chi connectivity index (χ2v) is 5.19. The minimum atomic E-state index is 0.638. The van der Waals surface area contributed by atoms with Gasteiger partial charge in [-0.05, 0) is 37.0 Å². The third kappa shape index (κ3) is 1.66. The molecule has 1 N–H and O–H groups in total. The van der Waals surface area contributed by atoms with Gasteiger partial charge in [0.15, 0.2) is 10.4 Å². The molecule has 0 atom stereocenters. The van der Waals surface area contributed by atoms with E-state index in [-0.39, 0.29) is 0 Å². The van der Waals surface area contributed by atoms with Gasteiger partial charge in [0.2, 0.25) is 0 Å². The summed E-state index contributed by atoms with van der Waals surface area (Å²) in [6.45, 7) is 0.980. The van der Waals surface area contributed by atoms with Crippen molar-refractivity contribution >= 4 is 35.0 Å². The van der Waals surface area contributed by atoms with Gasteiger partial charge in [0.1, 0.15) is 0 Å². The monoisotopic (exact) mass is 253 g/mol. The molecular formula is C11H12ClN3S. The molecule has 2 aromatic rings. The number of pyridine rings is 1. The Morgan fingerprint density at radius 1 is 1.56 bits per heavy atom. The Bertz CT molecular complexity index is 582. The van der Waals surface area contributed by atoms with Gasteiger partial charge in [0.25, 0.3) is 0 Å². The highest BCUT2D eigenvalue weighted by atomic mass is 35.5. The minimum Gasteiger partial charge on any atom is -0.329 e. The van der Waals surface area contributed by atoms with Crippen molar-refractivity contribution in [2.75, 3.05) is 0 Å². The average Bonchev–Trinajstić information content (AvgIpc) is 2.47. The zero-order chi connectivity index (χ0) is 11.1. The first-order chi connectivity index (χ1) is 7.74. The zero-order valence-corrected chi connectivity index (χ0v) is 10.3. The van der Waals surface area contributed by atoms with Gasteiger partial charge in [-0.1, -0.05) is 18.0 Å². The van der Waals surface area contributed by atoms with Crippen LogP contribution < -0.4 is 0 Å². The quantitative estimate of drug-likeness (QED) is 0.831. The predicted octanol–water partition coefficient (Wildman–Crippen LogP) is 3.55. The van der Waals surface area contributed by atoms with Gasteiger partial charge in [0.05, 0.1) is 10.5 Å². The first-order valence-electron chi connectivity index (χ1n) is 5.48. The van der Waals surface area contributed by atoms with Crippen molar-refractivity contribution in [3.05, 3.63) is 22.1 Å². The fraction of sp³-hybridized carbons (Fsp3) is 0.455. The van der Waals surface area contributed by atoms with Crippen LogP contribution in [0.4, 0.5) is 0 Å². The van der Waals surface area contributed by atoms with E-state index in [0.717, 1.165) is 28.4 Å². The first kappa shape index (κ1) is 10.3. The van der Waals surface area contributed by atoms with E-state index < -0.39 is 0 Å². The molecule has 0 aliphatic heterocycles. The lowest BCUT2D eigenvalue weighted by molar-refractivity contribution is 0.278. The molecule has 0 spiro atoms. The molecule has 5 heteroatoms. The van der Waals surface area contributed by atoms with Crippen LogP contribution in [-0.4, -0.2) is 14.5 Å². The normalized spacial score (nSPS) is 16.6. The van der Waals surface area contributed by atoms with Crippen molar-refractivity contribution in [3.8, 4) is 0 Å². The molecule has 16 heavy (non-hydrogen) atoms. The molecule has 2 heterocycles. The van der Waals surface area contributed by atoms with Gasteiger partial charge >= 0.3 is 0 Å². The van der Waals surface area contributed by atoms with Crippen molar-refractivity contribution in [1.29, 1.82) is 0 Å². The third-order valence-electron chi connectivity index (χ3n) is 3.24. The number of aromatic amines is 1. The summed E-state index contributed by atoms with van der Waals surface area (Å²) in [6.07, 6.45) is 5.63. The van der Waals surface area contributed by atoms with E-state index in [9.17, 15) is 0 Å². The Kier molecular flexibility index (Phi) is 2.48. The fourth-order valence-electron chi connectivity index (χ4n) is 2.12. The summed E-state index contributed by atoms with van der Waals surface area (Å²) >= 11 is 11.2. The predicted molar refractivity (Wildman–Crippen MR) is 67.3 cm³/mol. The molecule has 2 aromatic heterocycles. The maximum atomic E-state index is 5.90. The Labute approximate surface area is 103 Å². The van der Waals surface area contributed by atoms with E-state index in [1.54, 1.807) is 6.20 Å². The summed E-state index contributed by atoms with van der Waals surface area (Å²) in [5, 5.41) is 0.638. The second kappa shape index (κ2) is 3.86. The topological polar surface area (TPSA) is 33.6 Å². The van der Waals surface area contributed by atoms with Crippen molar-refractivity contribution in [2.24, 2.45) is 5.92 Å². The smallest absolute Gasteiger partial charge is 0.179 e. The number of rotatable bonds is 2. The zero-order valence-electron chi connectivity index (χ0n) is 8.74. The number of fused-ring (bicyclic) bond motifs is 1. The maximum Gasteiger partial charge on any atom is 0.179 e. The molecule has 84 valence electrons. The molecule has 1 fully saturated rings. The highest BCUT2D eigenvalue weighted by Gasteiger charge is 2.19. The molecule has 3 nitrogen and oxygen atoms in total. The van der Waals surface area contributed by atoms with Crippen LogP contribution in [0.5, 0.6) is 0 Å². The van der Waals surface area contributed by atoms with Gasteiger partial charge in [-0.2, -0.15) is 0 Å². The minimum absolute atomic E-state index is 0.638. The molecule has 1 saturated carbocycles. The van der Waals surface area contributed by atoms with Crippen LogP contribution in [0.1, 0.15) is 19.3 Å². The Morgan fingerprint density at radius 3 is 3.06 bits per heavy atom. The summed E-state index contributed by atoms with van der Waals surface area (Å²) in [5.41, 5.74) is 1.85. The van der Waals surface area contributed by atoms with Crippen LogP contribution in [0.15, 0.2) is 12.3 Å². The molecule has 0 bridgehead atoms. The summed E-state index contributed by atoms with van der Waals surface area (Å²) in [5.74, 6) is 0.767. The number of aromatic nitrogens is 3. The molecular weight excluding hydrogens is 242 g/mol. The number of imidazole rings is 1. The lowest BCUT2D eigenvalue weighted by atomic mass is 9.85. The highest BCUT2D eigenvalue weighted by molar-refractivity contribution is 7.71. The number of hydrogen-bond donors (Lipinski definition) is 1. The number of halogens is 1. The molecule has 0 saturated heterocycles. The van der Waals surface area contributed by atoms with E-state index >= 15 is 0 Å². The standard InChI is InChI=1S/C11H12ClN3S/c12-8-4-9-10(13-5-8)15(11(16)14-9)6-7-2-1-3-7/h4-5,7H,1-3,6H2,(H,14,16). The van der Waals surface area contributed by atoms with Crippen LogP contribution in [-0.2, 0) is 6.54 Å². The van der Waals surface area contributed by atoms with Crippen LogP contribution in [0, 0.1) is 10.7 Å².